The first-order chi connectivity index (χ1) is 10.1. The summed E-state index contributed by atoms with van der Waals surface area (Å²) < 4.78 is 2.79. The molecule has 3 nitrogen and oxygen atoms in total. The van der Waals surface area contributed by atoms with Crippen LogP contribution in [0.1, 0.15) is 25.8 Å². The summed E-state index contributed by atoms with van der Waals surface area (Å²) in [5.74, 6) is -0.864. The Morgan fingerprint density at radius 1 is 1.33 bits per heavy atom. The maximum absolute atomic E-state index is 10.4. The molecule has 0 aromatic heterocycles. The van der Waals surface area contributed by atoms with Gasteiger partial charge in [-0.1, -0.05) is 49.4 Å². The van der Waals surface area contributed by atoms with Crippen LogP contribution >= 0.6 is 11.9 Å². The molecule has 21 heavy (non-hydrogen) atoms. The van der Waals surface area contributed by atoms with Gasteiger partial charge in [-0.3, -0.25) is 4.79 Å². The highest BCUT2D eigenvalue weighted by atomic mass is 32.2. The molecule has 0 aliphatic heterocycles. The second-order valence-corrected chi connectivity index (χ2v) is 5.39. The Labute approximate surface area is 130 Å². The van der Waals surface area contributed by atoms with Crippen LogP contribution in [0.4, 0.5) is 0 Å². The van der Waals surface area contributed by atoms with Crippen LogP contribution in [-0.2, 0) is 4.79 Å². The van der Waals surface area contributed by atoms with Crippen molar-refractivity contribution < 1.29 is 9.90 Å². The lowest BCUT2D eigenvalue weighted by atomic mass is 10.0. The number of hydrogen-bond acceptors (Lipinski definition) is 3. The summed E-state index contributed by atoms with van der Waals surface area (Å²) in [5.41, 5.74) is 3.36. The molecule has 112 valence electrons. The summed E-state index contributed by atoms with van der Waals surface area (Å²) in [4.78, 5) is 11.4. The van der Waals surface area contributed by atoms with Crippen molar-refractivity contribution in [3.05, 3.63) is 60.2 Å². The summed E-state index contributed by atoms with van der Waals surface area (Å²) in [5, 5.41) is 8.57. The topological polar surface area (TPSA) is 49.3 Å². The van der Waals surface area contributed by atoms with Crippen LogP contribution in [0, 0.1) is 0 Å². The molecule has 0 aliphatic carbocycles. The minimum Gasteiger partial charge on any atom is -0.480 e. The number of benzene rings is 1. The van der Waals surface area contributed by atoms with E-state index in [0.29, 0.717) is 0 Å². The highest BCUT2D eigenvalue weighted by Crippen LogP contribution is 2.21. The molecule has 0 fully saturated rings. The van der Waals surface area contributed by atoms with Gasteiger partial charge in [0.25, 0.3) is 0 Å². The molecule has 1 rings (SSSR count). The zero-order valence-electron chi connectivity index (χ0n) is 12.4. The van der Waals surface area contributed by atoms with Crippen molar-refractivity contribution >= 4 is 23.5 Å². The van der Waals surface area contributed by atoms with Crippen molar-refractivity contribution in [3.63, 3.8) is 0 Å². The first-order valence-corrected chi connectivity index (χ1v) is 7.62. The molecule has 4 heteroatoms. The molecule has 0 radical (unpaired) electrons. The molecule has 0 heterocycles. The van der Waals surface area contributed by atoms with Gasteiger partial charge in [0.1, 0.15) is 6.54 Å². The highest BCUT2D eigenvalue weighted by molar-refractivity contribution is 7.97. The van der Waals surface area contributed by atoms with Crippen molar-refractivity contribution in [3.8, 4) is 0 Å². The van der Waals surface area contributed by atoms with Gasteiger partial charge < -0.3 is 5.11 Å². The lowest BCUT2D eigenvalue weighted by molar-refractivity contribution is -0.135. The highest BCUT2D eigenvalue weighted by Gasteiger charge is 2.00. The molecule has 1 aromatic carbocycles. The van der Waals surface area contributed by atoms with Crippen molar-refractivity contribution in [1.82, 2.24) is 4.72 Å². The minimum atomic E-state index is -0.864. The number of hydrogen-bond donors (Lipinski definition) is 2. The third-order valence-electron chi connectivity index (χ3n) is 2.86. The lowest BCUT2D eigenvalue weighted by Crippen LogP contribution is -2.15. The number of carbonyl (C=O) groups is 1. The average Bonchev–Trinajstić information content (AvgIpc) is 2.48. The zero-order valence-corrected chi connectivity index (χ0v) is 13.2. The van der Waals surface area contributed by atoms with Crippen LogP contribution in [0.2, 0.25) is 0 Å². The van der Waals surface area contributed by atoms with Crippen LogP contribution in [0.5, 0.6) is 0 Å². The van der Waals surface area contributed by atoms with Crippen LogP contribution in [-0.4, -0.2) is 17.6 Å². The Morgan fingerprint density at radius 2 is 2.00 bits per heavy atom. The molecule has 0 saturated carbocycles. The maximum Gasteiger partial charge on any atom is 0.318 e. The number of allylic oxidation sites excluding steroid dienone is 5. The molecular formula is C17H21NO2S. The van der Waals surface area contributed by atoms with E-state index in [-0.39, 0.29) is 6.54 Å². The average molecular weight is 303 g/mol. The van der Waals surface area contributed by atoms with Crippen LogP contribution < -0.4 is 4.72 Å². The van der Waals surface area contributed by atoms with Crippen LogP contribution in [0.15, 0.2) is 59.5 Å². The van der Waals surface area contributed by atoms with Crippen molar-refractivity contribution in [2.24, 2.45) is 0 Å². The summed E-state index contributed by atoms with van der Waals surface area (Å²) in [6.45, 7) is 7.99. The normalized spacial score (nSPS) is 11.8. The minimum absolute atomic E-state index is 0.0611. The van der Waals surface area contributed by atoms with E-state index in [1.54, 1.807) is 0 Å². The first kappa shape index (κ1) is 17.3. The number of nitrogens with one attached hydrogen (secondary N) is 1. The van der Waals surface area contributed by atoms with Gasteiger partial charge in [0.05, 0.1) is 0 Å². The number of carboxylic acid groups (broad SMARTS) is 1. The zero-order chi connectivity index (χ0) is 15.7. The van der Waals surface area contributed by atoms with Gasteiger partial charge >= 0.3 is 5.97 Å². The van der Waals surface area contributed by atoms with Gasteiger partial charge in [-0.15, -0.1) is 0 Å². The van der Waals surface area contributed by atoms with Crippen molar-refractivity contribution in [2.45, 2.75) is 25.2 Å². The fourth-order valence-electron chi connectivity index (χ4n) is 1.58. The molecule has 0 saturated heterocycles. The van der Waals surface area contributed by atoms with E-state index in [9.17, 15) is 4.79 Å². The summed E-state index contributed by atoms with van der Waals surface area (Å²) in [6.07, 6.45) is 7.10. The van der Waals surface area contributed by atoms with E-state index in [0.717, 1.165) is 28.0 Å². The number of carboxylic acids is 1. The quantitative estimate of drug-likeness (QED) is 0.555. The first-order valence-electron chi connectivity index (χ1n) is 6.81. The SMILES string of the molecule is C=C(/C=C\C(=C/C)c1ccc(SNCC(=O)O)cc1)CC. The second-order valence-electron chi connectivity index (χ2n) is 4.43. The van der Waals surface area contributed by atoms with Crippen molar-refractivity contribution in [1.29, 1.82) is 0 Å². The molecule has 0 atom stereocenters. The monoisotopic (exact) mass is 303 g/mol. The lowest BCUT2D eigenvalue weighted by Gasteiger charge is -2.05. The van der Waals surface area contributed by atoms with E-state index in [1.165, 1.54) is 11.9 Å². The molecule has 0 aliphatic rings. The summed E-state index contributed by atoms with van der Waals surface area (Å²) in [6, 6.07) is 8.00. The third-order valence-corrected chi connectivity index (χ3v) is 3.66. The fraction of sp³-hybridized carbons (Fsp3) is 0.235. The molecule has 0 unspecified atom stereocenters. The maximum atomic E-state index is 10.4. The van der Waals surface area contributed by atoms with Gasteiger partial charge in [0.2, 0.25) is 0 Å². The van der Waals surface area contributed by atoms with E-state index < -0.39 is 5.97 Å². The Hall–Kier alpha value is -1.78. The van der Waals surface area contributed by atoms with Crippen LogP contribution in [0.3, 0.4) is 0 Å². The Morgan fingerprint density at radius 3 is 2.52 bits per heavy atom. The van der Waals surface area contributed by atoms with Gasteiger partial charge in [-0.2, -0.15) is 0 Å². The van der Waals surface area contributed by atoms with Gasteiger partial charge in [0.15, 0.2) is 0 Å². The standard InChI is InChI=1S/C17H21NO2S/c1-4-13(3)6-7-14(5-2)15-8-10-16(11-9-15)21-18-12-17(19)20/h5-11,18H,3-4,12H2,1-2H3,(H,19,20)/b7-6-,14-5+. The number of rotatable bonds is 8. The summed E-state index contributed by atoms with van der Waals surface area (Å²) in [7, 11) is 0. The largest absolute Gasteiger partial charge is 0.480 e. The second kappa shape index (κ2) is 9.21. The Bertz CT molecular complexity index is 544. The van der Waals surface area contributed by atoms with Gasteiger partial charge in [0, 0.05) is 4.90 Å². The molecular weight excluding hydrogens is 282 g/mol. The van der Waals surface area contributed by atoms with Crippen LogP contribution in [0.25, 0.3) is 5.57 Å². The van der Waals surface area contributed by atoms with Gasteiger partial charge in [-0.05, 0) is 48.6 Å². The number of aliphatic carboxylic acids is 1. The Balaban J connectivity index is 2.69. The smallest absolute Gasteiger partial charge is 0.318 e. The molecule has 1 aromatic rings. The molecule has 0 amide bonds. The van der Waals surface area contributed by atoms with Gasteiger partial charge in [-0.25, -0.2) is 4.72 Å². The summed E-state index contributed by atoms with van der Waals surface area (Å²) >= 11 is 1.32. The van der Waals surface area contributed by atoms with Crippen molar-refractivity contribution in [2.75, 3.05) is 6.54 Å². The predicted molar refractivity (Wildman–Crippen MR) is 90.2 cm³/mol. The molecule has 0 spiro atoms. The van der Waals surface area contributed by atoms with E-state index in [4.69, 9.17) is 5.11 Å². The molecule has 2 N–H and O–H groups in total. The Kier molecular flexibility index (Phi) is 7.58. The molecule has 0 bridgehead atoms. The fourth-order valence-corrected chi connectivity index (χ4v) is 2.22. The van der Waals surface area contributed by atoms with E-state index in [1.807, 2.05) is 37.3 Å². The predicted octanol–water partition coefficient (Wildman–Crippen LogP) is 4.29. The van der Waals surface area contributed by atoms with E-state index in [2.05, 4.69) is 30.4 Å². The van der Waals surface area contributed by atoms with E-state index >= 15 is 0 Å². The third kappa shape index (κ3) is 6.47.